The van der Waals surface area contributed by atoms with Gasteiger partial charge in [0.25, 0.3) is 5.91 Å². The number of para-hydroxylation sites is 1. The lowest BCUT2D eigenvalue weighted by atomic mass is 9.98. The molecule has 6 heteroatoms. The number of piperidine rings is 1. The van der Waals surface area contributed by atoms with E-state index in [0.29, 0.717) is 23.6 Å². The first kappa shape index (κ1) is 16.8. The van der Waals surface area contributed by atoms with Crippen LogP contribution in [0.5, 0.6) is 0 Å². The normalized spacial score (nSPS) is 16.5. The van der Waals surface area contributed by atoms with Gasteiger partial charge >= 0.3 is 0 Å². The molecule has 1 fully saturated rings. The molecule has 1 aliphatic heterocycles. The summed E-state index contributed by atoms with van der Waals surface area (Å²) >= 11 is 0. The van der Waals surface area contributed by atoms with Gasteiger partial charge in [0.1, 0.15) is 0 Å². The Morgan fingerprint density at radius 3 is 2.55 bits per heavy atom. The second kappa shape index (κ2) is 7.13. The minimum atomic E-state index is -3.40. The summed E-state index contributed by atoms with van der Waals surface area (Å²) in [5.41, 5.74) is 0.802. The van der Waals surface area contributed by atoms with Crippen LogP contribution in [0.4, 0.5) is 5.69 Å². The first-order chi connectivity index (χ1) is 10.4. The van der Waals surface area contributed by atoms with E-state index < -0.39 is 10.0 Å². The number of benzene rings is 1. The predicted octanol–water partition coefficient (Wildman–Crippen LogP) is 2.71. The maximum atomic E-state index is 12.7. The average Bonchev–Trinajstić information content (AvgIpc) is 2.47. The smallest absolute Gasteiger partial charge is 0.255 e. The van der Waals surface area contributed by atoms with Crippen LogP contribution in [0.1, 0.15) is 43.5 Å². The van der Waals surface area contributed by atoms with Gasteiger partial charge in [0.05, 0.1) is 17.0 Å². The molecule has 5 nitrogen and oxygen atoms in total. The van der Waals surface area contributed by atoms with Crippen LogP contribution in [0.25, 0.3) is 0 Å². The van der Waals surface area contributed by atoms with Gasteiger partial charge in [-0.1, -0.05) is 26.0 Å². The van der Waals surface area contributed by atoms with E-state index in [1.165, 1.54) is 0 Å². The third kappa shape index (κ3) is 4.22. The first-order valence-electron chi connectivity index (χ1n) is 7.81. The molecule has 1 heterocycles. The monoisotopic (exact) mass is 324 g/mol. The molecular formula is C16H24N2O3S. The lowest BCUT2D eigenvalue weighted by Crippen LogP contribution is -2.38. The largest absolute Gasteiger partial charge is 0.339 e. The minimum absolute atomic E-state index is 0.0523. The molecule has 0 aromatic heterocycles. The van der Waals surface area contributed by atoms with Crippen molar-refractivity contribution in [3.8, 4) is 0 Å². The highest BCUT2D eigenvalue weighted by Crippen LogP contribution is 2.22. The van der Waals surface area contributed by atoms with Gasteiger partial charge in [-0.25, -0.2) is 8.42 Å². The Kier molecular flexibility index (Phi) is 5.45. The lowest BCUT2D eigenvalue weighted by molar-refractivity contribution is 0.0698. The maximum Gasteiger partial charge on any atom is 0.255 e. The highest BCUT2D eigenvalue weighted by atomic mass is 32.2. The number of carbonyl (C=O) groups excluding carboxylic acids is 1. The molecule has 1 saturated heterocycles. The molecule has 0 radical (unpaired) electrons. The number of hydrogen-bond acceptors (Lipinski definition) is 3. The number of nitrogens with one attached hydrogen (secondary N) is 1. The summed E-state index contributed by atoms with van der Waals surface area (Å²) in [5, 5.41) is 0. The molecule has 0 atom stereocenters. The van der Waals surface area contributed by atoms with E-state index >= 15 is 0 Å². The molecule has 1 aliphatic rings. The highest BCUT2D eigenvalue weighted by Gasteiger charge is 2.24. The summed E-state index contributed by atoms with van der Waals surface area (Å²) < 4.78 is 26.5. The fourth-order valence-corrected chi connectivity index (χ4v) is 3.78. The number of nitrogens with zero attached hydrogens (tertiary/aromatic N) is 1. The Balaban J connectivity index is 2.19. The predicted molar refractivity (Wildman–Crippen MR) is 88.4 cm³/mol. The van der Waals surface area contributed by atoms with E-state index in [1.807, 2.05) is 11.8 Å². The lowest BCUT2D eigenvalue weighted by Gasteiger charge is -2.30. The third-order valence-corrected chi connectivity index (χ3v) is 5.44. The second-order valence-corrected chi connectivity index (χ2v) is 7.78. The zero-order chi connectivity index (χ0) is 16.2. The SMILES string of the molecule is CCCS(=O)(=O)Nc1ccccc1C(=O)N1CCC(C)CC1. The molecule has 1 aromatic rings. The number of carbonyl (C=O) groups is 1. The van der Waals surface area contributed by atoms with Gasteiger partial charge in [-0.3, -0.25) is 9.52 Å². The van der Waals surface area contributed by atoms with Crippen molar-refractivity contribution in [2.24, 2.45) is 5.92 Å². The van der Waals surface area contributed by atoms with Crippen molar-refractivity contribution in [2.45, 2.75) is 33.1 Å². The average molecular weight is 324 g/mol. The van der Waals surface area contributed by atoms with E-state index in [-0.39, 0.29) is 11.7 Å². The number of likely N-dealkylation sites (tertiary alicyclic amines) is 1. The topological polar surface area (TPSA) is 66.5 Å². The fourth-order valence-electron chi connectivity index (χ4n) is 2.63. The van der Waals surface area contributed by atoms with Crippen LogP contribution in [-0.2, 0) is 10.0 Å². The number of anilines is 1. The van der Waals surface area contributed by atoms with Crippen molar-refractivity contribution in [3.05, 3.63) is 29.8 Å². The summed E-state index contributed by atoms with van der Waals surface area (Å²) in [5.74, 6) is 0.598. The second-order valence-electron chi connectivity index (χ2n) is 5.94. The van der Waals surface area contributed by atoms with Gasteiger partial charge in [-0.15, -0.1) is 0 Å². The van der Waals surface area contributed by atoms with Gasteiger partial charge in [0, 0.05) is 13.1 Å². The van der Waals surface area contributed by atoms with E-state index in [0.717, 1.165) is 25.9 Å². The summed E-state index contributed by atoms with van der Waals surface area (Å²) in [6, 6.07) is 6.83. The van der Waals surface area contributed by atoms with E-state index in [9.17, 15) is 13.2 Å². The highest BCUT2D eigenvalue weighted by molar-refractivity contribution is 7.92. The minimum Gasteiger partial charge on any atom is -0.339 e. The number of rotatable bonds is 5. The Bertz CT molecular complexity index is 620. The molecule has 1 aromatic carbocycles. The van der Waals surface area contributed by atoms with E-state index in [4.69, 9.17) is 0 Å². The zero-order valence-corrected chi connectivity index (χ0v) is 14.0. The van der Waals surface area contributed by atoms with Crippen molar-refractivity contribution in [2.75, 3.05) is 23.6 Å². The standard InChI is InChI=1S/C16H24N2O3S/c1-3-12-22(20,21)17-15-7-5-4-6-14(15)16(19)18-10-8-13(2)9-11-18/h4-7,13,17H,3,8-12H2,1-2H3. The third-order valence-electron chi connectivity index (χ3n) is 3.97. The van der Waals surface area contributed by atoms with E-state index in [1.54, 1.807) is 24.3 Å². The van der Waals surface area contributed by atoms with Gasteiger partial charge < -0.3 is 4.90 Å². The molecule has 1 amide bonds. The summed E-state index contributed by atoms with van der Waals surface area (Å²) in [7, 11) is -3.40. The molecule has 0 bridgehead atoms. The van der Waals surface area contributed by atoms with Crippen LogP contribution < -0.4 is 4.72 Å². The number of sulfonamides is 1. The van der Waals surface area contributed by atoms with Crippen LogP contribution >= 0.6 is 0 Å². The maximum absolute atomic E-state index is 12.7. The summed E-state index contributed by atoms with van der Waals surface area (Å²) in [4.78, 5) is 14.5. The first-order valence-corrected chi connectivity index (χ1v) is 9.47. The fraction of sp³-hybridized carbons (Fsp3) is 0.562. The molecule has 0 spiro atoms. The quantitative estimate of drug-likeness (QED) is 0.905. The summed E-state index contributed by atoms with van der Waals surface area (Å²) in [6.45, 7) is 5.46. The van der Waals surface area contributed by atoms with Crippen LogP contribution in [0.15, 0.2) is 24.3 Å². The molecule has 22 heavy (non-hydrogen) atoms. The molecule has 0 unspecified atom stereocenters. The molecule has 0 aliphatic carbocycles. The molecule has 2 rings (SSSR count). The van der Waals surface area contributed by atoms with Crippen LogP contribution in [0, 0.1) is 5.92 Å². The Hall–Kier alpha value is -1.56. The van der Waals surface area contributed by atoms with Gasteiger partial charge in [-0.2, -0.15) is 0 Å². The molecule has 1 N–H and O–H groups in total. The number of amides is 1. The molecular weight excluding hydrogens is 300 g/mol. The van der Waals surface area contributed by atoms with Crippen molar-refractivity contribution in [1.82, 2.24) is 4.90 Å². The Labute approximate surface area is 132 Å². The Morgan fingerprint density at radius 1 is 1.27 bits per heavy atom. The molecule has 122 valence electrons. The zero-order valence-electron chi connectivity index (χ0n) is 13.2. The van der Waals surface area contributed by atoms with Crippen LogP contribution in [0.3, 0.4) is 0 Å². The van der Waals surface area contributed by atoms with Gasteiger partial charge in [0.2, 0.25) is 10.0 Å². The van der Waals surface area contributed by atoms with Crippen LogP contribution in [-0.4, -0.2) is 38.1 Å². The van der Waals surface area contributed by atoms with Gasteiger partial charge in [0.15, 0.2) is 0 Å². The van der Waals surface area contributed by atoms with Crippen molar-refractivity contribution >= 4 is 21.6 Å². The molecule has 0 saturated carbocycles. The van der Waals surface area contributed by atoms with Crippen LogP contribution in [0.2, 0.25) is 0 Å². The summed E-state index contributed by atoms with van der Waals surface area (Å²) in [6.07, 6.45) is 2.53. The van der Waals surface area contributed by atoms with Gasteiger partial charge in [-0.05, 0) is 37.3 Å². The van der Waals surface area contributed by atoms with Crippen molar-refractivity contribution in [1.29, 1.82) is 0 Å². The van der Waals surface area contributed by atoms with Crippen molar-refractivity contribution in [3.63, 3.8) is 0 Å². The Morgan fingerprint density at radius 2 is 1.91 bits per heavy atom. The van der Waals surface area contributed by atoms with Crippen molar-refractivity contribution < 1.29 is 13.2 Å². The van der Waals surface area contributed by atoms with E-state index in [2.05, 4.69) is 11.6 Å². The number of hydrogen-bond donors (Lipinski definition) is 1.